The average molecular weight is 503 g/mol. The molecule has 0 saturated heterocycles. The Hall–Kier alpha value is -1.65. The van der Waals surface area contributed by atoms with Gasteiger partial charge in [-0.2, -0.15) is 42.5 Å². The minimum absolute atomic E-state index is 0. The summed E-state index contributed by atoms with van der Waals surface area (Å²) in [7, 11) is 0. The Bertz CT molecular complexity index is 1120. The number of pyridine rings is 2. The van der Waals surface area contributed by atoms with Gasteiger partial charge in [0.05, 0.1) is 11.0 Å². The molecule has 0 radical (unpaired) electrons. The molecular weight excluding hydrogens is 480 g/mol. The van der Waals surface area contributed by atoms with Crippen molar-refractivity contribution in [1.82, 2.24) is 16.1 Å². The summed E-state index contributed by atoms with van der Waals surface area (Å²) in [5, 5.41) is 3.23. The third-order valence-electron chi connectivity index (χ3n) is 4.07. The average Bonchev–Trinajstić information content (AvgIpc) is 2.68. The molecule has 0 fully saturated rings. The molecule has 0 aliphatic rings. The van der Waals surface area contributed by atoms with E-state index in [1.165, 1.54) is 5.56 Å². The number of halogens is 3. The molecule has 4 rings (SSSR count). The first-order chi connectivity index (χ1) is 13.0. The van der Waals surface area contributed by atoms with E-state index in [2.05, 4.69) is 42.5 Å². The quantitative estimate of drug-likeness (QED) is 0.133. The number of nitrogens with zero attached hydrogens (tertiary/aromatic N) is 2. The van der Waals surface area contributed by atoms with Gasteiger partial charge in [0.15, 0.2) is 0 Å². The Morgan fingerprint density at radius 3 is 2.00 bits per heavy atom. The second-order valence-electron chi connectivity index (χ2n) is 6.33. The van der Waals surface area contributed by atoms with Crippen LogP contribution in [0.2, 0.25) is 10.2 Å². The fraction of sp³-hybridized carbons (Fsp3) is 0.130. The van der Waals surface area contributed by atoms with Gasteiger partial charge in [0.2, 0.25) is 0 Å². The fourth-order valence-electron chi connectivity index (χ4n) is 2.64. The summed E-state index contributed by atoms with van der Waals surface area (Å²) < 4.78 is 0. The second-order valence-corrected chi connectivity index (χ2v) is 7.12. The van der Waals surface area contributed by atoms with Crippen LogP contribution in [0.3, 0.4) is 0 Å². The third kappa shape index (κ3) is 6.95. The molecule has 0 amide bonds. The number of hydrogen-bond donors (Lipinski definition) is 1. The van der Waals surface area contributed by atoms with E-state index in [0.29, 0.717) is 21.8 Å². The Labute approximate surface area is 204 Å². The molecule has 0 aliphatic heterocycles. The molecule has 3 nitrogen and oxygen atoms in total. The Kier molecular flexibility index (Phi) is 12.2. The van der Waals surface area contributed by atoms with E-state index in [4.69, 9.17) is 23.2 Å². The molecule has 2 aromatic heterocycles. The maximum absolute atomic E-state index is 5.93. The monoisotopic (exact) mass is 501 g/mol. The van der Waals surface area contributed by atoms with Crippen molar-refractivity contribution in [3.8, 4) is 0 Å². The Balaban J connectivity index is 0.000000569. The summed E-state index contributed by atoms with van der Waals surface area (Å²) >= 11 is 11.7. The zero-order chi connectivity index (χ0) is 19.4. The molecule has 0 unspecified atom stereocenters. The molecule has 0 spiro atoms. The third-order valence-corrected chi connectivity index (χ3v) is 4.50. The molecule has 0 bridgehead atoms. The van der Waals surface area contributed by atoms with E-state index in [9.17, 15) is 0 Å². The van der Waals surface area contributed by atoms with Crippen LogP contribution in [0, 0.1) is 12.1 Å². The van der Waals surface area contributed by atoms with Crippen LogP contribution in [0.4, 0.5) is 0 Å². The zero-order valence-electron chi connectivity index (χ0n) is 16.6. The predicted molar refractivity (Wildman–Crippen MR) is 127 cm³/mol. The normalized spacial score (nSPS) is 9.63. The first kappa shape index (κ1) is 28.3. The van der Waals surface area contributed by atoms with Crippen molar-refractivity contribution in [2.75, 3.05) is 0 Å². The minimum atomic E-state index is 0. The number of aromatic nitrogens is 2. The van der Waals surface area contributed by atoms with Gasteiger partial charge in [0.1, 0.15) is 5.15 Å². The van der Waals surface area contributed by atoms with Crippen molar-refractivity contribution >= 4 is 57.4 Å². The van der Waals surface area contributed by atoms with Gasteiger partial charge < -0.3 is 6.15 Å². The molecule has 0 aliphatic carbocycles. The summed E-state index contributed by atoms with van der Waals surface area (Å²) in [4.78, 5) is 8.80. The summed E-state index contributed by atoms with van der Waals surface area (Å²) in [5.74, 6) is 0.513. The predicted octanol–water partition coefficient (Wildman–Crippen LogP) is 7.62. The maximum Gasteiger partial charge on any atom is 2.00 e. The van der Waals surface area contributed by atoms with Gasteiger partial charge in [-0.15, -0.1) is 35.8 Å². The van der Waals surface area contributed by atoms with E-state index in [-0.39, 0.29) is 35.6 Å². The largest absolute Gasteiger partial charge is 2.00 e. The van der Waals surface area contributed by atoms with Crippen LogP contribution in [0.1, 0.15) is 31.0 Å². The van der Waals surface area contributed by atoms with Gasteiger partial charge in [-0.25, -0.2) is 11.1 Å². The minimum Gasteiger partial charge on any atom is -0.344 e. The molecule has 3 N–H and O–H groups in total. The van der Waals surface area contributed by atoms with Gasteiger partial charge in [0.25, 0.3) is 0 Å². The molecule has 2 aromatic carbocycles. The maximum atomic E-state index is 5.93. The number of rotatable bonds is 2. The Morgan fingerprint density at radius 2 is 1.47 bits per heavy atom. The van der Waals surface area contributed by atoms with E-state index in [0.717, 1.165) is 21.8 Å². The topological polar surface area (TPSA) is 60.8 Å². The van der Waals surface area contributed by atoms with Crippen LogP contribution in [0.25, 0.3) is 21.8 Å². The molecular formula is C23H22Cl3FeN3. The molecule has 0 saturated carbocycles. The molecule has 158 valence electrons. The summed E-state index contributed by atoms with van der Waals surface area (Å²) in [5.41, 5.74) is 3.53. The standard InChI is InChI=1S/C14H8ClN2.C9H10Cl.ClH.Fe.H3N/c1-2-11-7-5-9-3-4-10-6-8-12(15)17-14(10)13(9)16-11;1-7(2)8-4-3-5-9(10)6-8;;;/h3-8H,1H2;3-5,7H,1-2H3;1H;;1H3/q2*-1;;+2;. The van der Waals surface area contributed by atoms with Crippen LogP contribution < -0.4 is 6.15 Å². The van der Waals surface area contributed by atoms with Crippen molar-refractivity contribution in [3.05, 3.63) is 94.8 Å². The van der Waals surface area contributed by atoms with E-state index in [1.54, 1.807) is 6.07 Å². The summed E-state index contributed by atoms with van der Waals surface area (Å²) in [6, 6.07) is 20.5. The van der Waals surface area contributed by atoms with Crippen LogP contribution >= 0.6 is 35.6 Å². The molecule has 7 heteroatoms. The van der Waals surface area contributed by atoms with E-state index in [1.807, 2.05) is 48.5 Å². The SMILES string of the molecule is C=[C-]c1ccc2ccc3ccc(Cl)nc3c2n1.CC(C)c1[c-]c(Cl)ccc1.Cl.N.[Fe+2]. The van der Waals surface area contributed by atoms with Gasteiger partial charge >= 0.3 is 17.1 Å². The van der Waals surface area contributed by atoms with Crippen LogP contribution in [0.15, 0.2) is 61.2 Å². The summed E-state index contributed by atoms with van der Waals surface area (Å²) in [6.45, 7) is 7.86. The van der Waals surface area contributed by atoms with Gasteiger partial charge in [0, 0.05) is 5.39 Å². The number of benzene rings is 2. The van der Waals surface area contributed by atoms with E-state index >= 15 is 0 Å². The van der Waals surface area contributed by atoms with Crippen LogP contribution in [-0.2, 0) is 17.1 Å². The van der Waals surface area contributed by atoms with Crippen molar-refractivity contribution < 1.29 is 17.1 Å². The first-order valence-electron chi connectivity index (χ1n) is 8.55. The second kappa shape index (κ2) is 12.9. The summed E-state index contributed by atoms with van der Waals surface area (Å²) in [6.07, 6.45) is 2.78. The Morgan fingerprint density at radius 1 is 0.900 bits per heavy atom. The van der Waals surface area contributed by atoms with Crippen LogP contribution in [-0.4, -0.2) is 9.97 Å². The van der Waals surface area contributed by atoms with Gasteiger partial charge in [-0.05, 0) is 23.4 Å². The smallest absolute Gasteiger partial charge is 0.344 e. The number of hydrogen-bond acceptors (Lipinski definition) is 3. The van der Waals surface area contributed by atoms with Crippen molar-refractivity contribution in [3.63, 3.8) is 0 Å². The van der Waals surface area contributed by atoms with E-state index < -0.39 is 0 Å². The van der Waals surface area contributed by atoms with Crippen molar-refractivity contribution in [2.45, 2.75) is 19.8 Å². The molecule has 30 heavy (non-hydrogen) atoms. The molecule has 0 atom stereocenters. The molecule has 2 heterocycles. The first-order valence-corrected chi connectivity index (χ1v) is 9.30. The van der Waals surface area contributed by atoms with Gasteiger partial charge in [-0.3, -0.25) is 4.98 Å². The van der Waals surface area contributed by atoms with Crippen molar-refractivity contribution in [2.24, 2.45) is 0 Å². The van der Waals surface area contributed by atoms with Crippen LogP contribution in [0.5, 0.6) is 0 Å². The number of fused-ring (bicyclic) bond motifs is 3. The zero-order valence-corrected chi connectivity index (χ0v) is 20.0. The fourth-order valence-corrected chi connectivity index (χ4v) is 2.97. The van der Waals surface area contributed by atoms with Gasteiger partial charge in [-0.1, -0.05) is 42.6 Å². The van der Waals surface area contributed by atoms with Crippen molar-refractivity contribution in [1.29, 1.82) is 0 Å². The molecule has 4 aromatic rings.